The molecule has 0 fully saturated rings. The van der Waals surface area contributed by atoms with Gasteiger partial charge < -0.3 is 14.8 Å². The second-order valence-corrected chi connectivity index (χ2v) is 10.2. The van der Waals surface area contributed by atoms with Gasteiger partial charge in [-0.15, -0.1) is 0 Å². The third kappa shape index (κ3) is 5.74. The predicted molar refractivity (Wildman–Crippen MR) is 115 cm³/mol. The number of ether oxygens (including phenoxy) is 2. The number of nitrogens with one attached hydrogen (secondary N) is 1. The highest BCUT2D eigenvalue weighted by molar-refractivity contribution is 7.88. The van der Waals surface area contributed by atoms with Gasteiger partial charge in [0.1, 0.15) is 22.9 Å². The summed E-state index contributed by atoms with van der Waals surface area (Å²) in [6, 6.07) is 10.9. The zero-order valence-corrected chi connectivity index (χ0v) is 18.8. The maximum atomic E-state index is 14.0. The molecule has 2 aromatic rings. The van der Waals surface area contributed by atoms with Crippen molar-refractivity contribution in [1.29, 1.82) is 0 Å². The summed E-state index contributed by atoms with van der Waals surface area (Å²) in [5, 5.41) is 2.91. The Balaban J connectivity index is 1.79. The molecule has 31 heavy (non-hydrogen) atoms. The van der Waals surface area contributed by atoms with Gasteiger partial charge in [0.05, 0.1) is 26.0 Å². The number of methoxy groups -OCH3 is 1. The molecule has 2 aromatic carbocycles. The molecule has 1 aliphatic rings. The topological polar surface area (TPSA) is 84.9 Å². The van der Waals surface area contributed by atoms with Crippen LogP contribution in [0.4, 0.5) is 4.39 Å². The van der Waals surface area contributed by atoms with Crippen molar-refractivity contribution in [3.05, 3.63) is 59.4 Å². The number of carbonyl (C=O) groups is 1. The number of hydrogen-bond donors (Lipinski definition) is 1. The summed E-state index contributed by atoms with van der Waals surface area (Å²) in [4.78, 5) is 12.8. The van der Waals surface area contributed by atoms with Crippen molar-refractivity contribution in [2.45, 2.75) is 38.5 Å². The Labute approximate surface area is 182 Å². The van der Waals surface area contributed by atoms with E-state index in [1.54, 1.807) is 25.3 Å². The molecular formula is C22H27FN2O5S. The fourth-order valence-corrected chi connectivity index (χ4v) is 4.32. The van der Waals surface area contributed by atoms with Gasteiger partial charge in [-0.3, -0.25) is 4.79 Å². The highest BCUT2D eigenvalue weighted by atomic mass is 32.2. The van der Waals surface area contributed by atoms with Crippen LogP contribution in [-0.2, 0) is 21.4 Å². The minimum absolute atomic E-state index is 0.199. The van der Waals surface area contributed by atoms with E-state index in [-0.39, 0.29) is 18.2 Å². The van der Waals surface area contributed by atoms with E-state index in [0.717, 1.165) is 16.1 Å². The second kappa shape index (κ2) is 8.84. The fraction of sp³-hybridized carbons (Fsp3) is 0.409. The van der Waals surface area contributed by atoms with Crippen LogP contribution in [0.25, 0.3) is 0 Å². The van der Waals surface area contributed by atoms with Crippen LogP contribution >= 0.6 is 0 Å². The molecule has 0 aliphatic carbocycles. The zero-order valence-electron chi connectivity index (χ0n) is 18.0. The normalized spacial score (nSPS) is 17.5. The van der Waals surface area contributed by atoms with E-state index >= 15 is 0 Å². The number of carbonyl (C=O) groups excluding carboxylic acids is 1. The smallest absolute Gasteiger partial charge is 0.235 e. The molecule has 0 bridgehead atoms. The molecule has 1 atom stereocenters. The zero-order chi connectivity index (χ0) is 22.8. The molecule has 0 radical (unpaired) electrons. The number of benzene rings is 2. The quantitative estimate of drug-likeness (QED) is 0.701. The van der Waals surface area contributed by atoms with Gasteiger partial charge in [0.25, 0.3) is 0 Å². The summed E-state index contributed by atoms with van der Waals surface area (Å²) >= 11 is 0. The first-order chi connectivity index (χ1) is 14.5. The Morgan fingerprint density at radius 2 is 2.00 bits per heavy atom. The maximum absolute atomic E-state index is 14.0. The molecule has 0 spiro atoms. The van der Waals surface area contributed by atoms with Crippen molar-refractivity contribution in [3.8, 4) is 11.5 Å². The van der Waals surface area contributed by atoms with Crippen molar-refractivity contribution >= 4 is 15.9 Å². The van der Waals surface area contributed by atoms with E-state index in [1.165, 1.54) is 18.2 Å². The van der Waals surface area contributed by atoms with Gasteiger partial charge in [-0.25, -0.2) is 12.8 Å². The predicted octanol–water partition coefficient (Wildman–Crippen LogP) is 3.01. The van der Waals surface area contributed by atoms with Crippen LogP contribution in [0, 0.1) is 5.82 Å². The van der Waals surface area contributed by atoms with Crippen molar-refractivity contribution in [2.75, 3.05) is 19.9 Å². The van der Waals surface area contributed by atoms with Crippen LogP contribution < -0.4 is 14.8 Å². The highest BCUT2D eigenvalue weighted by Gasteiger charge is 2.35. The minimum Gasteiger partial charge on any atom is -0.497 e. The number of halogens is 1. The summed E-state index contributed by atoms with van der Waals surface area (Å²) in [5.74, 6) is 0.235. The van der Waals surface area contributed by atoms with Crippen molar-refractivity contribution in [1.82, 2.24) is 9.62 Å². The minimum atomic E-state index is -3.74. The third-order valence-corrected chi connectivity index (χ3v) is 6.30. The fourth-order valence-electron chi connectivity index (χ4n) is 3.59. The van der Waals surface area contributed by atoms with Crippen LogP contribution in [0.5, 0.6) is 11.5 Å². The van der Waals surface area contributed by atoms with Crippen molar-refractivity contribution in [3.63, 3.8) is 0 Å². The SMILES string of the molecule is COc1ccc2c(c1)OC(C)(C)C[C@@H]2NC(=O)CN(Cc1ccccc1F)S(C)(=O)=O. The van der Waals surface area contributed by atoms with Gasteiger partial charge in [-0.2, -0.15) is 4.31 Å². The lowest BCUT2D eigenvalue weighted by Crippen LogP contribution is -2.45. The Morgan fingerprint density at radius 3 is 2.65 bits per heavy atom. The summed E-state index contributed by atoms with van der Waals surface area (Å²) in [7, 11) is -2.18. The number of sulfonamides is 1. The first-order valence-corrected chi connectivity index (χ1v) is 11.7. The Kier molecular flexibility index (Phi) is 6.56. The van der Waals surface area contributed by atoms with Crippen molar-refractivity contribution in [2.24, 2.45) is 0 Å². The first-order valence-electron chi connectivity index (χ1n) is 9.83. The third-order valence-electron chi connectivity index (χ3n) is 5.11. The molecule has 1 amide bonds. The average molecular weight is 451 g/mol. The van der Waals surface area contributed by atoms with Crippen LogP contribution in [-0.4, -0.2) is 44.1 Å². The van der Waals surface area contributed by atoms with Gasteiger partial charge in [-0.1, -0.05) is 18.2 Å². The number of hydrogen-bond acceptors (Lipinski definition) is 5. The van der Waals surface area contributed by atoms with E-state index < -0.39 is 33.9 Å². The van der Waals surface area contributed by atoms with E-state index in [1.807, 2.05) is 19.9 Å². The summed E-state index contributed by atoms with van der Waals surface area (Å²) < 4.78 is 50.7. The number of rotatable bonds is 7. The molecular weight excluding hydrogens is 423 g/mol. The summed E-state index contributed by atoms with van der Waals surface area (Å²) in [5.41, 5.74) is 0.444. The lowest BCUT2D eigenvalue weighted by atomic mass is 9.89. The van der Waals surface area contributed by atoms with Crippen LogP contribution in [0.3, 0.4) is 0 Å². The molecule has 0 saturated heterocycles. The van der Waals surface area contributed by atoms with Gasteiger partial charge in [0.2, 0.25) is 15.9 Å². The molecule has 0 aromatic heterocycles. The van der Waals surface area contributed by atoms with Gasteiger partial charge in [0.15, 0.2) is 0 Å². The molecule has 1 N–H and O–H groups in total. The summed E-state index contributed by atoms with van der Waals surface area (Å²) in [6.07, 6.45) is 1.50. The molecule has 1 heterocycles. The standard InChI is InChI=1S/C22H27FN2O5S/c1-22(2)12-19(17-10-9-16(29-3)11-20(17)30-22)24-21(26)14-25(31(4,27)28)13-15-7-5-6-8-18(15)23/h5-11,19H,12-14H2,1-4H3,(H,24,26)/t19-/m0/s1. The van der Waals surface area contributed by atoms with Gasteiger partial charge >= 0.3 is 0 Å². The molecule has 3 rings (SSSR count). The largest absolute Gasteiger partial charge is 0.497 e. The molecule has 1 aliphatic heterocycles. The van der Waals surface area contributed by atoms with Gasteiger partial charge in [-0.05, 0) is 32.0 Å². The maximum Gasteiger partial charge on any atom is 0.235 e. The van der Waals surface area contributed by atoms with E-state index in [2.05, 4.69) is 5.32 Å². The van der Waals surface area contributed by atoms with Crippen LogP contribution in [0.15, 0.2) is 42.5 Å². The number of fused-ring (bicyclic) bond motifs is 1. The monoisotopic (exact) mass is 450 g/mol. The Bertz CT molecular complexity index is 1070. The molecule has 7 nitrogen and oxygen atoms in total. The van der Waals surface area contributed by atoms with E-state index in [4.69, 9.17) is 9.47 Å². The molecule has 0 saturated carbocycles. The molecule has 9 heteroatoms. The summed E-state index contributed by atoms with van der Waals surface area (Å²) in [6.45, 7) is 3.17. The van der Waals surface area contributed by atoms with E-state index in [0.29, 0.717) is 17.9 Å². The lowest BCUT2D eigenvalue weighted by Gasteiger charge is -2.38. The lowest BCUT2D eigenvalue weighted by molar-refractivity contribution is -0.122. The molecule has 168 valence electrons. The number of amides is 1. The van der Waals surface area contributed by atoms with E-state index in [9.17, 15) is 17.6 Å². The van der Waals surface area contributed by atoms with Crippen molar-refractivity contribution < 1.29 is 27.1 Å². The Hall–Kier alpha value is -2.65. The highest BCUT2D eigenvalue weighted by Crippen LogP contribution is 2.41. The first kappa shape index (κ1) is 23.0. The molecule has 0 unspecified atom stereocenters. The Morgan fingerprint density at radius 1 is 1.29 bits per heavy atom. The second-order valence-electron chi connectivity index (χ2n) is 8.21. The average Bonchev–Trinajstić information content (AvgIpc) is 2.66. The van der Waals surface area contributed by atoms with Gasteiger partial charge in [0, 0.05) is 30.2 Å². The van der Waals surface area contributed by atoms with Crippen LogP contribution in [0.2, 0.25) is 0 Å². The van der Waals surface area contributed by atoms with Crippen LogP contribution in [0.1, 0.15) is 37.4 Å². The number of nitrogens with zero attached hydrogens (tertiary/aromatic N) is 1.